The molecule has 0 atom stereocenters. The quantitative estimate of drug-likeness (QED) is 0.745. The number of carbonyl (C=O) groups excluding carboxylic acids is 1. The molecule has 1 aromatic carbocycles. The third-order valence-electron chi connectivity index (χ3n) is 1.89. The summed E-state index contributed by atoms with van der Waals surface area (Å²) in [5.74, 6) is -0.278. The maximum absolute atomic E-state index is 12.6. The Bertz CT molecular complexity index is 317. The Morgan fingerprint density at radius 2 is 1.93 bits per heavy atom. The first-order valence-electron chi connectivity index (χ1n) is 4.95. The van der Waals surface area contributed by atoms with Gasteiger partial charge >= 0.3 is 0 Å². The van der Waals surface area contributed by atoms with E-state index in [4.69, 9.17) is 4.74 Å². The molecule has 0 saturated heterocycles. The second kappa shape index (κ2) is 5.61. The van der Waals surface area contributed by atoms with E-state index in [0.29, 0.717) is 6.42 Å². The lowest BCUT2D eigenvalue weighted by Crippen LogP contribution is -2.15. The maximum Gasteiger partial charge on any atom is 0.162 e. The zero-order valence-corrected chi connectivity index (χ0v) is 9.00. The molecule has 0 aliphatic rings. The highest BCUT2D eigenvalue weighted by Crippen LogP contribution is 2.04. The van der Waals surface area contributed by atoms with Crippen LogP contribution in [0.5, 0.6) is 0 Å². The van der Waals surface area contributed by atoms with Crippen molar-refractivity contribution in [3.05, 3.63) is 35.6 Å². The van der Waals surface area contributed by atoms with Gasteiger partial charge in [-0.1, -0.05) is 12.1 Å². The van der Waals surface area contributed by atoms with E-state index in [-0.39, 0.29) is 24.3 Å². The second-order valence-corrected chi connectivity index (χ2v) is 3.70. The van der Waals surface area contributed by atoms with Gasteiger partial charge in [0.25, 0.3) is 0 Å². The molecule has 0 spiro atoms. The van der Waals surface area contributed by atoms with E-state index < -0.39 is 0 Å². The van der Waals surface area contributed by atoms with Gasteiger partial charge in [0.1, 0.15) is 12.4 Å². The Balaban J connectivity index is 2.41. The topological polar surface area (TPSA) is 26.3 Å². The Hall–Kier alpha value is -1.22. The van der Waals surface area contributed by atoms with Crippen molar-refractivity contribution in [2.75, 3.05) is 6.61 Å². The summed E-state index contributed by atoms with van der Waals surface area (Å²) in [6, 6.07) is 5.93. The van der Waals surface area contributed by atoms with Gasteiger partial charge in [-0.05, 0) is 31.5 Å². The maximum atomic E-state index is 12.6. The summed E-state index contributed by atoms with van der Waals surface area (Å²) in [7, 11) is 0. The molecule has 0 aliphatic carbocycles. The smallest absolute Gasteiger partial charge is 0.162 e. The van der Waals surface area contributed by atoms with Crippen LogP contribution < -0.4 is 0 Å². The van der Waals surface area contributed by atoms with E-state index in [0.717, 1.165) is 5.56 Å². The van der Waals surface area contributed by atoms with Crippen molar-refractivity contribution >= 4 is 5.78 Å². The van der Waals surface area contributed by atoms with Crippen LogP contribution in [0.2, 0.25) is 0 Å². The highest BCUT2D eigenvalue weighted by Gasteiger charge is 2.05. The van der Waals surface area contributed by atoms with Crippen LogP contribution in [0.3, 0.4) is 0 Å². The van der Waals surface area contributed by atoms with Crippen molar-refractivity contribution in [1.82, 2.24) is 0 Å². The Morgan fingerprint density at radius 3 is 2.47 bits per heavy atom. The fraction of sp³-hybridized carbons (Fsp3) is 0.417. The van der Waals surface area contributed by atoms with E-state index in [1.165, 1.54) is 12.1 Å². The number of ketones is 1. The van der Waals surface area contributed by atoms with Gasteiger partial charge in [-0.3, -0.25) is 4.79 Å². The zero-order valence-electron chi connectivity index (χ0n) is 9.00. The van der Waals surface area contributed by atoms with Crippen LogP contribution in [-0.2, 0) is 16.0 Å². The SMILES string of the molecule is CC(C)OCC(=O)Cc1ccc(F)cc1. The Morgan fingerprint density at radius 1 is 1.33 bits per heavy atom. The molecule has 0 aromatic heterocycles. The molecule has 0 heterocycles. The minimum atomic E-state index is -0.287. The lowest BCUT2D eigenvalue weighted by Gasteiger charge is -2.06. The minimum Gasteiger partial charge on any atom is -0.371 e. The van der Waals surface area contributed by atoms with Crippen molar-refractivity contribution in [3.63, 3.8) is 0 Å². The van der Waals surface area contributed by atoms with Crippen LogP contribution in [0.25, 0.3) is 0 Å². The summed E-state index contributed by atoms with van der Waals surface area (Å²) in [4.78, 5) is 11.4. The van der Waals surface area contributed by atoms with Crippen LogP contribution in [0.1, 0.15) is 19.4 Å². The predicted molar refractivity (Wildman–Crippen MR) is 56.2 cm³/mol. The molecule has 0 aliphatic heterocycles. The largest absolute Gasteiger partial charge is 0.371 e. The van der Waals surface area contributed by atoms with Gasteiger partial charge in [-0.25, -0.2) is 4.39 Å². The third kappa shape index (κ3) is 4.70. The second-order valence-electron chi connectivity index (χ2n) is 3.70. The number of carbonyl (C=O) groups is 1. The van der Waals surface area contributed by atoms with Crippen molar-refractivity contribution in [3.8, 4) is 0 Å². The van der Waals surface area contributed by atoms with Gasteiger partial charge in [0.15, 0.2) is 5.78 Å². The van der Waals surface area contributed by atoms with Crippen molar-refractivity contribution in [2.45, 2.75) is 26.4 Å². The number of hydrogen-bond donors (Lipinski definition) is 0. The van der Waals surface area contributed by atoms with Gasteiger partial charge in [-0.15, -0.1) is 0 Å². The lowest BCUT2D eigenvalue weighted by molar-refractivity contribution is -0.124. The molecular formula is C12H15FO2. The van der Waals surface area contributed by atoms with E-state index >= 15 is 0 Å². The molecular weight excluding hydrogens is 195 g/mol. The van der Waals surface area contributed by atoms with Crippen molar-refractivity contribution in [2.24, 2.45) is 0 Å². The summed E-state index contributed by atoms with van der Waals surface area (Å²) in [6.07, 6.45) is 0.356. The lowest BCUT2D eigenvalue weighted by atomic mass is 10.1. The normalized spacial score (nSPS) is 10.7. The molecule has 1 rings (SSSR count). The average Bonchev–Trinajstić information content (AvgIpc) is 2.19. The molecule has 0 saturated carbocycles. The minimum absolute atomic E-state index is 0.00954. The van der Waals surface area contributed by atoms with Crippen molar-refractivity contribution < 1.29 is 13.9 Å². The number of rotatable bonds is 5. The molecule has 2 nitrogen and oxygen atoms in total. The molecule has 0 amide bonds. The number of Topliss-reactive ketones (excluding diaryl/α,β-unsaturated/α-hetero) is 1. The highest BCUT2D eigenvalue weighted by atomic mass is 19.1. The van der Waals surface area contributed by atoms with Gasteiger partial charge in [0.05, 0.1) is 6.10 Å². The standard InChI is InChI=1S/C12H15FO2/c1-9(2)15-8-12(14)7-10-3-5-11(13)6-4-10/h3-6,9H,7-8H2,1-2H3. The van der Waals surface area contributed by atoms with Crippen LogP contribution in [-0.4, -0.2) is 18.5 Å². The number of halogens is 1. The molecule has 0 bridgehead atoms. The average molecular weight is 210 g/mol. The summed E-state index contributed by atoms with van der Waals surface area (Å²) >= 11 is 0. The monoisotopic (exact) mass is 210 g/mol. The van der Waals surface area contributed by atoms with Crippen LogP contribution >= 0.6 is 0 Å². The van der Waals surface area contributed by atoms with Gasteiger partial charge in [-0.2, -0.15) is 0 Å². The first-order valence-corrected chi connectivity index (χ1v) is 4.95. The van der Waals surface area contributed by atoms with Crippen LogP contribution in [0.4, 0.5) is 4.39 Å². The van der Waals surface area contributed by atoms with Gasteiger partial charge in [0.2, 0.25) is 0 Å². The number of hydrogen-bond acceptors (Lipinski definition) is 2. The van der Waals surface area contributed by atoms with E-state index in [2.05, 4.69) is 0 Å². The summed E-state index contributed by atoms with van der Waals surface area (Å²) < 4.78 is 17.7. The first kappa shape index (κ1) is 11.9. The Labute approximate surface area is 89.1 Å². The van der Waals surface area contributed by atoms with E-state index in [1.54, 1.807) is 12.1 Å². The molecule has 0 fully saturated rings. The molecule has 0 N–H and O–H groups in total. The van der Waals surface area contributed by atoms with Crippen molar-refractivity contribution in [1.29, 1.82) is 0 Å². The molecule has 82 valence electrons. The molecule has 15 heavy (non-hydrogen) atoms. The number of ether oxygens (including phenoxy) is 1. The molecule has 3 heteroatoms. The van der Waals surface area contributed by atoms with Crippen LogP contribution in [0.15, 0.2) is 24.3 Å². The summed E-state index contributed by atoms with van der Waals surface area (Å²) in [5.41, 5.74) is 0.814. The summed E-state index contributed by atoms with van der Waals surface area (Å²) in [6.45, 7) is 3.88. The summed E-state index contributed by atoms with van der Waals surface area (Å²) in [5, 5.41) is 0. The van der Waals surface area contributed by atoms with E-state index in [9.17, 15) is 9.18 Å². The fourth-order valence-corrected chi connectivity index (χ4v) is 1.14. The fourth-order valence-electron chi connectivity index (χ4n) is 1.14. The molecule has 1 aromatic rings. The Kier molecular flexibility index (Phi) is 4.43. The molecule has 0 unspecified atom stereocenters. The highest BCUT2D eigenvalue weighted by molar-refractivity contribution is 5.82. The zero-order chi connectivity index (χ0) is 11.3. The van der Waals surface area contributed by atoms with Crippen LogP contribution in [0, 0.1) is 5.82 Å². The third-order valence-corrected chi connectivity index (χ3v) is 1.89. The molecule has 0 radical (unpaired) electrons. The predicted octanol–water partition coefficient (Wildman–Crippen LogP) is 2.36. The van der Waals surface area contributed by atoms with Gasteiger partial charge < -0.3 is 4.74 Å². The first-order chi connectivity index (χ1) is 7.08. The number of benzene rings is 1. The van der Waals surface area contributed by atoms with E-state index in [1.807, 2.05) is 13.8 Å². The van der Waals surface area contributed by atoms with Gasteiger partial charge in [0, 0.05) is 6.42 Å².